The van der Waals surface area contributed by atoms with Crippen molar-refractivity contribution in [1.82, 2.24) is 0 Å². The fraction of sp³-hybridized carbons (Fsp3) is 0.0769. The van der Waals surface area contributed by atoms with Crippen LogP contribution in [0.2, 0.25) is 20.1 Å². The van der Waals surface area contributed by atoms with Crippen molar-refractivity contribution in [1.29, 1.82) is 0 Å². The van der Waals surface area contributed by atoms with E-state index in [9.17, 15) is 0 Å². The molecule has 0 radical (unpaired) electrons. The molecule has 2 rings (SSSR count). The van der Waals surface area contributed by atoms with E-state index in [1.807, 2.05) is 6.07 Å². The predicted molar refractivity (Wildman–Crippen MR) is 84.6 cm³/mol. The highest BCUT2D eigenvalue weighted by molar-refractivity contribution is 6.44. The van der Waals surface area contributed by atoms with E-state index in [0.717, 1.165) is 11.1 Å². The Morgan fingerprint density at radius 2 is 1.42 bits per heavy atom. The maximum absolute atomic E-state index is 6.16. The lowest BCUT2D eigenvalue weighted by Crippen LogP contribution is -1.95. The van der Waals surface area contributed by atoms with Crippen molar-refractivity contribution in [3.8, 4) is 0 Å². The van der Waals surface area contributed by atoms with E-state index in [-0.39, 0.29) is 0 Å². The van der Waals surface area contributed by atoms with Crippen molar-refractivity contribution >= 4 is 57.8 Å². The number of halogens is 4. The number of anilines is 2. The number of rotatable bonds is 2. The van der Waals surface area contributed by atoms with Gasteiger partial charge in [-0.15, -0.1) is 0 Å². The molecule has 0 fully saturated rings. The second kappa shape index (κ2) is 5.68. The summed E-state index contributed by atoms with van der Waals surface area (Å²) in [6.45, 7) is 0. The molecule has 2 aromatic carbocycles. The molecule has 4 N–H and O–H groups in total. The summed E-state index contributed by atoms with van der Waals surface area (Å²) < 4.78 is 0. The maximum Gasteiger partial charge on any atom is 0.0824 e. The third-order valence-corrected chi connectivity index (χ3v) is 4.29. The monoisotopic (exact) mass is 334 g/mol. The molecule has 0 spiro atoms. The Balaban J connectivity index is 2.39. The van der Waals surface area contributed by atoms with E-state index >= 15 is 0 Å². The number of hydrogen-bond donors (Lipinski definition) is 2. The Bertz CT molecular complexity index is 618. The first kappa shape index (κ1) is 14.6. The molecular weight excluding hydrogens is 326 g/mol. The van der Waals surface area contributed by atoms with Gasteiger partial charge >= 0.3 is 0 Å². The van der Waals surface area contributed by atoms with Crippen LogP contribution in [-0.4, -0.2) is 0 Å². The lowest BCUT2D eigenvalue weighted by Gasteiger charge is -2.10. The van der Waals surface area contributed by atoms with Crippen molar-refractivity contribution < 1.29 is 0 Å². The minimum Gasteiger partial charge on any atom is -0.397 e. The molecule has 0 unspecified atom stereocenters. The van der Waals surface area contributed by atoms with Gasteiger partial charge in [0.25, 0.3) is 0 Å². The van der Waals surface area contributed by atoms with Crippen LogP contribution >= 0.6 is 46.4 Å². The van der Waals surface area contributed by atoms with Crippen LogP contribution in [0.15, 0.2) is 24.3 Å². The summed E-state index contributed by atoms with van der Waals surface area (Å²) in [6.07, 6.45) is 0.540. The van der Waals surface area contributed by atoms with Crippen LogP contribution in [0.5, 0.6) is 0 Å². The highest BCUT2D eigenvalue weighted by atomic mass is 35.5. The summed E-state index contributed by atoms with van der Waals surface area (Å²) in [6, 6.07) is 7.04. The zero-order valence-corrected chi connectivity index (χ0v) is 12.7. The number of benzene rings is 2. The van der Waals surface area contributed by atoms with Crippen LogP contribution in [0.1, 0.15) is 11.1 Å². The molecular formula is C13H10Cl4N2. The van der Waals surface area contributed by atoms with Gasteiger partial charge in [0.1, 0.15) is 0 Å². The van der Waals surface area contributed by atoms with Gasteiger partial charge in [-0.2, -0.15) is 0 Å². The third kappa shape index (κ3) is 3.03. The van der Waals surface area contributed by atoms with Gasteiger partial charge in [-0.25, -0.2) is 0 Å². The SMILES string of the molecule is Nc1ccc(Cc2cc(Cl)c(N)c(Cl)c2)c(Cl)c1Cl. The average molecular weight is 336 g/mol. The molecule has 2 aromatic rings. The fourth-order valence-corrected chi connectivity index (χ4v) is 2.66. The lowest BCUT2D eigenvalue weighted by atomic mass is 10.0. The zero-order valence-electron chi connectivity index (χ0n) is 9.68. The highest BCUT2D eigenvalue weighted by Crippen LogP contribution is 2.34. The minimum absolute atomic E-state index is 0.354. The Morgan fingerprint density at radius 1 is 0.842 bits per heavy atom. The molecule has 0 heterocycles. The van der Waals surface area contributed by atoms with Gasteiger partial charge in [0.05, 0.1) is 31.5 Å². The van der Waals surface area contributed by atoms with E-state index in [1.54, 1.807) is 18.2 Å². The van der Waals surface area contributed by atoms with Crippen LogP contribution in [0.4, 0.5) is 11.4 Å². The van der Waals surface area contributed by atoms with E-state index in [4.69, 9.17) is 57.9 Å². The molecule has 0 saturated heterocycles. The van der Waals surface area contributed by atoms with Crippen molar-refractivity contribution in [3.63, 3.8) is 0 Å². The summed E-state index contributed by atoms with van der Waals surface area (Å²) in [7, 11) is 0. The summed E-state index contributed by atoms with van der Waals surface area (Å²) in [5.74, 6) is 0. The van der Waals surface area contributed by atoms with E-state index in [0.29, 0.717) is 37.9 Å². The Labute approximate surface area is 131 Å². The third-order valence-electron chi connectivity index (χ3n) is 2.73. The molecule has 0 bridgehead atoms. The van der Waals surface area contributed by atoms with E-state index in [1.165, 1.54) is 0 Å². The molecule has 0 aromatic heterocycles. The van der Waals surface area contributed by atoms with Crippen molar-refractivity contribution in [3.05, 3.63) is 55.5 Å². The second-order valence-electron chi connectivity index (χ2n) is 4.09. The molecule has 100 valence electrons. The molecule has 0 aliphatic rings. The van der Waals surface area contributed by atoms with Gasteiger partial charge in [0.2, 0.25) is 0 Å². The number of hydrogen-bond acceptors (Lipinski definition) is 2. The summed E-state index contributed by atoms with van der Waals surface area (Å²) in [4.78, 5) is 0. The summed E-state index contributed by atoms with van der Waals surface area (Å²) in [5.41, 5.74) is 13.9. The van der Waals surface area contributed by atoms with Crippen molar-refractivity contribution in [2.75, 3.05) is 11.5 Å². The fourth-order valence-electron chi connectivity index (χ4n) is 1.70. The largest absolute Gasteiger partial charge is 0.397 e. The zero-order chi connectivity index (χ0) is 14.2. The Morgan fingerprint density at radius 3 is 2.00 bits per heavy atom. The normalized spacial score (nSPS) is 10.7. The van der Waals surface area contributed by atoms with Crippen molar-refractivity contribution in [2.45, 2.75) is 6.42 Å². The molecule has 19 heavy (non-hydrogen) atoms. The maximum atomic E-state index is 6.16. The number of nitrogens with two attached hydrogens (primary N) is 2. The van der Waals surface area contributed by atoms with Crippen molar-refractivity contribution in [2.24, 2.45) is 0 Å². The molecule has 0 saturated carbocycles. The van der Waals surface area contributed by atoms with Crippen LogP contribution in [-0.2, 0) is 6.42 Å². The Kier molecular flexibility index (Phi) is 4.36. The predicted octanol–water partition coefficient (Wildman–Crippen LogP) is 5.06. The standard InChI is InChI=1S/C13H10Cl4N2/c14-8-4-6(5-9(15)13(8)19)3-7-1-2-10(18)12(17)11(7)16/h1-2,4-5H,3,18-19H2. The highest BCUT2D eigenvalue weighted by Gasteiger charge is 2.11. The molecule has 6 heteroatoms. The first-order valence-electron chi connectivity index (χ1n) is 5.36. The van der Waals surface area contributed by atoms with Gasteiger partial charge in [-0.1, -0.05) is 52.5 Å². The number of nitrogen functional groups attached to an aromatic ring is 2. The van der Waals surface area contributed by atoms with Crippen LogP contribution < -0.4 is 11.5 Å². The van der Waals surface area contributed by atoms with Crippen LogP contribution in [0.25, 0.3) is 0 Å². The van der Waals surface area contributed by atoms with Gasteiger partial charge in [-0.3, -0.25) is 0 Å². The van der Waals surface area contributed by atoms with E-state index in [2.05, 4.69) is 0 Å². The first-order chi connectivity index (χ1) is 8.90. The smallest absolute Gasteiger partial charge is 0.0824 e. The average Bonchev–Trinajstić information content (AvgIpc) is 2.36. The van der Waals surface area contributed by atoms with Gasteiger partial charge in [-0.05, 0) is 35.7 Å². The molecule has 0 amide bonds. The van der Waals surface area contributed by atoms with Gasteiger partial charge in [0.15, 0.2) is 0 Å². The topological polar surface area (TPSA) is 52.0 Å². The van der Waals surface area contributed by atoms with Gasteiger partial charge in [0, 0.05) is 0 Å². The second-order valence-corrected chi connectivity index (χ2v) is 5.66. The minimum atomic E-state index is 0.354. The van der Waals surface area contributed by atoms with Crippen LogP contribution in [0.3, 0.4) is 0 Å². The summed E-state index contributed by atoms with van der Waals surface area (Å²) in [5, 5.41) is 1.62. The van der Waals surface area contributed by atoms with E-state index < -0.39 is 0 Å². The quantitative estimate of drug-likeness (QED) is 0.754. The summed E-state index contributed by atoms with van der Waals surface area (Å²) >= 11 is 24.2. The molecule has 2 nitrogen and oxygen atoms in total. The molecule has 0 aliphatic heterocycles. The molecule has 0 atom stereocenters. The van der Waals surface area contributed by atoms with Crippen LogP contribution in [0, 0.1) is 0 Å². The first-order valence-corrected chi connectivity index (χ1v) is 6.87. The molecule has 0 aliphatic carbocycles. The Hall–Kier alpha value is -0.800. The van der Waals surface area contributed by atoms with Gasteiger partial charge < -0.3 is 11.5 Å². The lowest BCUT2D eigenvalue weighted by molar-refractivity contribution is 1.19.